The lowest BCUT2D eigenvalue weighted by molar-refractivity contribution is 0.0823. The summed E-state index contributed by atoms with van der Waals surface area (Å²) in [5.41, 5.74) is 1.58. The molecule has 0 unspecified atom stereocenters. The summed E-state index contributed by atoms with van der Waals surface area (Å²) in [6.45, 7) is 0. The SMILES string of the molecule is CN(C)C(=O)c1cc2c(Br)cccc2[nH]1. The zero-order valence-corrected chi connectivity index (χ0v) is 10.1. The lowest BCUT2D eigenvalue weighted by Crippen LogP contribution is -2.21. The van der Waals surface area contributed by atoms with E-state index in [0.717, 1.165) is 15.4 Å². The second-order valence-corrected chi connectivity index (χ2v) is 4.44. The van der Waals surface area contributed by atoms with Gasteiger partial charge in [0, 0.05) is 29.5 Å². The first kappa shape index (κ1) is 10.2. The van der Waals surface area contributed by atoms with Gasteiger partial charge in [-0.15, -0.1) is 0 Å². The van der Waals surface area contributed by atoms with Crippen LogP contribution in [0.4, 0.5) is 0 Å². The molecular formula is C11H11BrN2O. The van der Waals surface area contributed by atoms with Crippen molar-refractivity contribution in [3.05, 3.63) is 34.4 Å². The summed E-state index contributed by atoms with van der Waals surface area (Å²) in [5.74, 6) is -0.0156. The van der Waals surface area contributed by atoms with Gasteiger partial charge in [-0.05, 0) is 18.2 Å². The van der Waals surface area contributed by atoms with Crippen LogP contribution in [0.2, 0.25) is 0 Å². The fraction of sp³-hybridized carbons (Fsp3) is 0.182. The third kappa shape index (κ3) is 1.77. The Morgan fingerprint density at radius 1 is 1.40 bits per heavy atom. The van der Waals surface area contributed by atoms with Crippen LogP contribution in [0.5, 0.6) is 0 Å². The minimum absolute atomic E-state index is 0.0156. The van der Waals surface area contributed by atoms with Gasteiger partial charge >= 0.3 is 0 Å². The molecule has 3 nitrogen and oxygen atoms in total. The number of H-pyrrole nitrogens is 1. The second-order valence-electron chi connectivity index (χ2n) is 3.58. The molecule has 0 aliphatic carbocycles. The number of fused-ring (bicyclic) bond motifs is 1. The molecule has 1 aromatic carbocycles. The minimum Gasteiger partial charge on any atom is -0.350 e. The van der Waals surface area contributed by atoms with E-state index >= 15 is 0 Å². The van der Waals surface area contributed by atoms with Crippen molar-refractivity contribution >= 4 is 32.7 Å². The maximum absolute atomic E-state index is 11.7. The Balaban J connectivity index is 2.57. The molecule has 1 N–H and O–H groups in total. The van der Waals surface area contributed by atoms with Crippen LogP contribution in [0, 0.1) is 0 Å². The second kappa shape index (κ2) is 3.70. The number of hydrogen-bond donors (Lipinski definition) is 1. The Morgan fingerprint density at radius 2 is 2.13 bits per heavy atom. The minimum atomic E-state index is -0.0156. The van der Waals surface area contributed by atoms with Gasteiger partial charge in [0.1, 0.15) is 5.69 Å². The molecule has 15 heavy (non-hydrogen) atoms. The molecule has 78 valence electrons. The molecule has 0 fully saturated rings. The molecule has 1 amide bonds. The van der Waals surface area contributed by atoms with E-state index in [9.17, 15) is 4.79 Å². The first-order chi connectivity index (χ1) is 7.09. The number of nitrogens with zero attached hydrogens (tertiary/aromatic N) is 1. The predicted octanol–water partition coefficient (Wildman–Crippen LogP) is 2.63. The summed E-state index contributed by atoms with van der Waals surface area (Å²) < 4.78 is 0.994. The molecule has 4 heteroatoms. The number of carbonyl (C=O) groups excluding carboxylic acids is 1. The van der Waals surface area contributed by atoms with E-state index in [1.54, 1.807) is 19.0 Å². The molecule has 0 bridgehead atoms. The van der Waals surface area contributed by atoms with Crippen molar-refractivity contribution in [3.63, 3.8) is 0 Å². The maximum atomic E-state index is 11.7. The van der Waals surface area contributed by atoms with Crippen LogP contribution in [0.1, 0.15) is 10.5 Å². The van der Waals surface area contributed by atoms with Crippen molar-refractivity contribution in [2.75, 3.05) is 14.1 Å². The van der Waals surface area contributed by atoms with Crippen LogP contribution in [-0.2, 0) is 0 Å². The summed E-state index contributed by atoms with van der Waals surface area (Å²) in [7, 11) is 3.48. The summed E-state index contributed by atoms with van der Waals surface area (Å²) in [6, 6.07) is 7.71. The van der Waals surface area contributed by atoms with E-state index in [1.807, 2.05) is 24.3 Å². The molecule has 1 aromatic heterocycles. The quantitative estimate of drug-likeness (QED) is 0.847. The first-order valence-electron chi connectivity index (χ1n) is 4.58. The fourth-order valence-electron chi connectivity index (χ4n) is 1.47. The summed E-state index contributed by atoms with van der Waals surface area (Å²) in [6.07, 6.45) is 0. The zero-order chi connectivity index (χ0) is 11.0. The topological polar surface area (TPSA) is 36.1 Å². The average Bonchev–Trinajstić information content (AvgIpc) is 2.61. The molecule has 0 spiro atoms. The lowest BCUT2D eigenvalue weighted by atomic mass is 10.2. The van der Waals surface area contributed by atoms with E-state index in [0.29, 0.717) is 5.69 Å². The fourth-order valence-corrected chi connectivity index (χ4v) is 1.95. The highest BCUT2D eigenvalue weighted by molar-refractivity contribution is 9.10. The molecule has 0 aliphatic heterocycles. The van der Waals surface area contributed by atoms with Crippen molar-refractivity contribution in [3.8, 4) is 0 Å². The lowest BCUT2D eigenvalue weighted by Gasteiger charge is -2.07. The van der Waals surface area contributed by atoms with Gasteiger partial charge in [-0.2, -0.15) is 0 Å². The molecule has 1 heterocycles. The Hall–Kier alpha value is -1.29. The van der Waals surface area contributed by atoms with Crippen LogP contribution in [0.25, 0.3) is 10.9 Å². The summed E-state index contributed by atoms with van der Waals surface area (Å²) in [4.78, 5) is 16.4. The van der Waals surface area contributed by atoms with Crippen LogP contribution in [-0.4, -0.2) is 29.9 Å². The number of nitrogens with one attached hydrogen (secondary N) is 1. The van der Waals surface area contributed by atoms with E-state index in [4.69, 9.17) is 0 Å². The zero-order valence-electron chi connectivity index (χ0n) is 8.54. The van der Waals surface area contributed by atoms with Crippen molar-refractivity contribution < 1.29 is 4.79 Å². The molecule has 2 rings (SSSR count). The number of halogens is 1. The molecule has 0 saturated carbocycles. The van der Waals surface area contributed by atoms with Gasteiger partial charge in [0.15, 0.2) is 0 Å². The first-order valence-corrected chi connectivity index (χ1v) is 5.38. The van der Waals surface area contributed by atoms with E-state index in [1.165, 1.54) is 0 Å². The van der Waals surface area contributed by atoms with Crippen LogP contribution in [0.3, 0.4) is 0 Å². The molecule has 0 atom stereocenters. The molecule has 2 aromatic rings. The van der Waals surface area contributed by atoms with Gasteiger partial charge in [0.05, 0.1) is 0 Å². The number of carbonyl (C=O) groups is 1. The van der Waals surface area contributed by atoms with Gasteiger partial charge < -0.3 is 9.88 Å². The number of aromatic nitrogens is 1. The van der Waals surface area contributed by atoms with Crippen molar-refractivity contribution in [2.45, 2.75) is 0 Å². The number of benzene rings is 1. The maximum Gasteiger partial charge on any atom is 0.269 e. The van der Waals surface area contributed by atoms with Gasteiger partial charge in [-0.3, -0.25) is 4.79 Å². The third-order valence-corrected chi connectivity index (χ3v) is 2.94. The monoisotopic (exact) mass is 266 g/mol. The Kier molecular flexibility index (Phi) is 2.52. The van der Waals surface area contributed by atoms with Crippen LogP contribution >= 0.6 is 15.9 Å². The number of hydrogen-bond acceptors (Lipinski definition) is 1. The highest BCUT2D eigenvalue weighted by atomic mass is 79.9. The highest BCUT2D eigenvalue weighted by Crippen LogP contribution is 2.24. The number of aromatic amines is 1. The van der Waals surface area contributed by atoms with Crippen molar-refractivity contribution in [1.82, 2.24) is 9.88 Å². The largest absolute Gasteiger partial charge is 0.350 e. The predicted molar refractivity (Wildman–Crippen MR) is 64.0 cm³/mol. The normalized spacial score (nSPS) is 10.6. The molecule has 0 aliphatic rings. The number of amides is 1. The van der Waals surface area contributed by atoms with Crippen molar-refractivity contribution in [1.29, 1.82) is 0 Å². The average molecular weight is 267 g/mol. The molecule has 0 saturated heterocycles. The van der Waals surface area contributed by atoms with Gasteiger partial charge in [0.2, 0.25) is 0 Å². The summed E-state index contributed by atoms with van der Waals surface area (Å²) >= 11 is 3.45. The van der Waals surface area contributed by atoms with E-state index in [-0.39, 0.29) is 5.91 Å². The van der Waals surface area contributed by atoms with Gasteiger partial charge in [0.25, 0.3) is 5.91 Å². The Bertz CT molecular complexity index is 516. The molecule has 0 radical (unpaired) electrons. The van der Waals surface area contributed by atoms with Crippen molar-refractivity contribution in [2.24, 2.45) is 0 Å². The van der Waals surface area contributed by atoms with E-state index < -0.39 is 0 Å². The molecular weight excluding hydrogens is 256 g/mol. The van der Waals surface area contributed by atoms with E-state index in [2.05, 4.69) is 20.9 Å². The van der Waals surface area contributed by atoms with Crippen LogP contribution in [0.15, 0.2) is 28.7 Å². The third-order valence-electron chi connectivity index (χ3n) is 2.25. The highest BCUT2D eigenvalue weighted by Gasteiger charge is 2.11. The van der Waals surface area contributed by atoms with Gasteiger partial charge in [-0.1, -0.05) is 22.0 Å². The smallest absolute Gasteiger partial charge is 0.269 e. The standard InChI is InChI=1S/C11H11BrN2O/c1-14(2)11(15)10-6-7-8(12)4-3-5-9(7)13-10/h3-6,13H,1-2H3. The number of rotatable bonds is 1. The van der Waals surface area contributed by atoms with Crippen LogP contribution < -0.4 is 0 Å². The Labute approximate surface area is 96.2 Å². The van der Waals surface area contributed by atoms with Gasteiger partial charge in [-0.25, -0.2) is 0 Å². The summed E-state index contributed by atoms with van der Waals surface area (Å²) in [5, 5.41) is 1.03. The Morgan fingerprint density at radius 3 is 2.73 bits per heavy atom.